The van der Waals surface area contributed by atoms with Crippen LogP contribution >= 0.6 is 11.6 Å². The summed E-state index contributed by atoms with van der Waals surface area (Å²) in [5.74, 6) is 0.562. The molecule has 0 aromatic heterocycles. The highest BCUT2D eigenvalue weighted by Gasteiger charge is 2.48. The number of aliphatic hydroxyl groups is 1. The second-order valence-electron chi connectivity index (χ2n) is 7.21. The Bertz CT molecular complexity index is 1010. The average Bonchev–Trinajstić information content (AvgIpc) is 2.81. The number of ether oxygens (including phenoxy) is 2. The second-order valence-corrected chi connectivity index (χ2v) is 7.61. The van der Waals surface area contributed by atoms with Crippen LogP contribution in [-0.2, 0) is 11.2 Å². The number of nitriles is 1. The van der Waals surface area contributed by atoms with Gasteiger partial charge in [0, 0.05) is 5.02 Å². The van der Waals surface area contributed by atoms with Crippen molar-refractivity contribution in [2.24, 2.45) is 15.5 Å². The van der Waals surface area contributed by atoms with Crippen molar-refractivity contribution in [1.82, 2.24) is 0 Å². The minimum atomic E-state index is -1.47. The predicted molar refractivity (Wildman–Crippen MR) is 115 cm³/mol. The van der Waals surface area contributed by atoms with Gasteiger partial charge in [0.15, 0.2) is 12.6 Å². The third kappa shape index (κ3) is 5.13. The van der Waals surface area contributed by atoms with Gasteiger partial charge in [-0.1, -0.05) is 51.4 Å². The first kappa shape index (κ1) is 23.4. The molecule has 3 rings (SSSR count). The summed E-state index contributed by atoms with van der Waals surface area (Å²) in [6.07, 6.45) is -3.15. The molecule has 5 unspecified atom stereocenters. The van der Waals surface area contributed by atoms with Gasteiger partial charge in [0.2, 0.25) is 0 Å². The molecule has 10 nitrogen and oxygen atoms in total. The number of aliphatic hydroxyl groups excluding tert-OH is 1. The molecule has 1 aliphatic rings. The highest BCUT2D eigenvalue weighted by Crippen LogP contribution is 2.37. The van der Waals surface area contributed by atoms with Crippen LogP contribution < -0.4 is 4.74 Å². The van der Waals surface area contributed by atoms with Crippen LogP contribution in [0.1, 0.15) is 22.8 Å². The van der Waals surface area contributed by atoms with E-state index < -0.39 is 36.9 Å². The molecule has 11 heteroatoms. The number of halogens is 1. The van der Waals surface area contributed by atoms with Crippen LogP contribution in [-0.4, -0.2) is 42.5 Å². The van der Waals surface area contributed by atoms with Gasteiger partial charge in [0.25, 0.3) is 0 Å². The molecule has 5 atom stereocenters. The summed E-state index contributed by atoms with van der Waals surface area (Å²) in [5.41, 5.74) is 2.13. The molecule has 1 aliphatic heterocycles. The van der Waals surface area contributed by atoms with Gasteiger partial charge in [-0.2, -0.15) is 20.0 Å². The maximum atomic E-state index is 11.5. The van der Waals surface area contributed by atoms with E-state index in [9.17, 15) is 19.8 Å². The van der Waals surface area contributed by atoms with E-state index in [4.69, 9.17) is 26.3 Å². The summed E-state index contributed by atoms with van der Waals surface area (Å²) < 4.78 is 11.0. The number of nitroso groups, excluding NO2 is 3. The first-order chi connectivity index (χ1) is 15.5. The Morgan fingerprint density at radius 2 is 1.81 bits per heavy atom. The summed E-state index contributed by atoms with van der Waals surface area (Å²) in [4.78, 5) is 33.5. The van der Waals surface area contributed by atoms with Crippen molar-refractivity contribution in [3.8, 4) is 11.8 Å². The van der Waals surface area contributed by atoms with E-state index in [-0.39, 0.29) is 6.61 Å². The summed E-state index contributed by atoms with van der Waals surface area (Å²) in [5, 5.41) is 27.8. The molecule has 0 amide bonds. The highest BCUT2D eigenvalue weighted by atomic mass is 35.5. The fraction of sp³-hybridized carbons (Fsp3) is 0.381. The molecule has 1 saturated heterocycles. The molecule has 0 spiro atoms. The normalized spacial score (nSPS) is 24.8. The summed E-state index contributed by atoms with van der Waals surface area (Å²) in [6, 6.07) is 11.3. The molecular formula is C21H19ClN4O6. The quantitative estimate of drug-likeness (QED) is 0.562. The van der Waals surface area contributed by atoms with Crippen LogP contribution in [0.15, 0.2) is 58.0 Å². The summed E-state index contributed by atoms with van der Waals surface area (Å²) >= 11 is 6.36. The summed E-state index contributed by atoms with van der Waals surface area (Å²) in [7, 11) is 0. The van der Waals surface area contributed by atoms with Crippen LogP contribution in [0.3, 0.4) is 0 Å². The molecular weight excluding hydrogens is 440 g/mol. The number of benzene rings is 2. The Balaban J connectivity index is 1.87. The van der Waals surface area contributed by atoms with E-state index in [0.717, 1.165) is 11.1 Å². The van der Waals surface area contributed by atoms with E-state index >= 15 is 0 Å². The largest absolute Gasteiger partial charge is 0.479 e. The molecule has 166 valence electrons. The van der Waals surface area contributed by atoms with Gasteiger partial charge in [0.1, 0.15) is 42.7 Å². The van der Waals surface area contributed by atoms with E-state index in [1.165, 1.54) is 0 Å². The fourth-order valence-electron chi connectivity index (χ4n) is 3.64. The first-order valence-corrected chi connectivity index (χ1v) is 10.0. The highest BCUT2D eigenvalue weighted by molar-refractivity contribution is 6.31. The monoisotopic (exact) mass is 458 g/mol. The number of hydrogen-bond donors (Lipinski definition) is 1. The number of rotatable bonds is 9. The Labute approximate surface area is 188 Å². The molecule has 2 aromatic carbocycles. The standard InChI is InChI=1S/C21H19ClN4O6/c22-16-6-3-13(10-14(16)9-12-1-4-15(5-2-12)31-8-7-23)21-19(26-30)18(25-29)20(27)17(32-21)11-24-28/h1-6,10,17-21,27H,8-9,11H2. The van der Waals surface area contributed by atoms with E-state index in [1.807, 2.05) is 18.2 Å². The molecule has 2 aromatic rings. The Hall–Kier alpha value is -3.26. The van der Waals surface area contributed by atoms with Crippen molar-refractivity contribution in [2.45, 2.75) is 36.8 Å². The number of nitrogens with zero attached hydrogens (tertiary/aromatic N) is 4. The van der Waals surface area contributed by atoms with Crippen molar-refractivity contribution in [3.63, 3.8) is 0 Å². The van der Waals surface area contributed by atoms with Crippen LogP contribution in [0.25, 0.3) is 0 Å². The van der Waals surface area contributed by atoms with Crippen LogP contribution in [0.5, 0.6) is 5.75 Å². The van der Waals surface area contributed by atoms with E-state index in [1.54, 1.807) is 30.3 Å². The lowest BCUT2D eigenvalue weighted by Crippen LogP contribution is -2.53. The lowest BCUT2D eigenvalue weighted by Gasteiger charge is -2.38. The molecule has 0 saturated carbocycles. The Morgan fingerprint density at radius 3 is 2.44 bits per heavy atom. The van der Waals surface area contributed by atoms with Crippen molar-refractivity contribution in [3.05, 3.63) is 78.9 Å². The zero-order valence-corrected chi connectivity index (χ0v) is 17.5. The third-order valence-corrected chi connectivity index (χ3v) is 5.60. The molecule has 32 heavy (non-hydrogen) atoms. The zero-order valence-electron chi connectivity index (χ0n) is 16.7. The molecule has 0 radical (unpaired) electrons. The average molecular weight is 459 g/mol. The molecule has 0 aliphatic carbocycles. The van der Waals surface area contributed by atoms with Gasteiger partial charge in [-0.05, 0) is 41.3 Å². The van der Waals surface area contributed by atoms with Crippen LogP contribution in [0, 0.1) is 26.1 Å². The Morgan fingerprint density at radius 1 is 1.09 bits per heavy atom. The minimum Gasteiger partial charge on any atom is -0.479 e. The second kappa shape index (κ2) is 10.9. The van der Waals surface area contributed by atoms with E-state index in [2.05, 4.69) is 15.5 Å². The smallest absolute Gasteiger partial charge is 0.174 e. The van der Waals surface area contributed by atoms with Crippen LogP contribution in [0.4, 0.5) is 0 Å². The number of hydrogen-bond acceptors (Lipinski definition) is 10. The van der Waals surface area contributed by atoms with Gasteiger partial charge in [0.05, 0.1) is 0 Å². The third-order valence-electron chi connectivity index (χ3n) is 5.23. The Kier molecular flexibility index (Phi) is 7.94. The van der Waals surface area contributed by atoms with Crippen molar-refractivity contribution >= 4 is 11.6 Å². The van der Waals surface area contributed by atoms with Crippen molar-refractivity contribution in [2.75, 3.05) is 13.2 Å². The summed E-state index contributed by atoms with van der Waals surface area (Å²) in [6.45, 7) is -0.456. The maximum Gasteiger partial charge on any atom is 0.174 e. The topological polar surface area (TPSA) is 151 Å². The molecule has 1 heterocycles. The SMILES string of the molecule is N#CCOc1ccc(Cc2cc(C3OC(CN=O)C(O)C(N=O)C3N=O)ccc2Cl)cc1. The van der Waals surface area contributed by atoms with Crippen LogP contribution in [0.2, 0.25) is 5.02 Å². The predicted octanol–water partition coefficient (Wildman–Crippen LogP) is 3.67. The van der Waals surface area contributed by atoms with Gasteiger partial charge < -0.3 is 14.6 Å². The first-order valence-electron chi connectivity index (χ1n) is 9.67. The van der Waals surface area contributed by atoms with Gasteiger partial charge in [-0.3, -0.25) is 0 Å². The van der Waals surface area contributed by atoms with Gasteiger partial charge in [-0.25, -0.2) is 0 Å². The van der Waals surface area contributed by atoms with Crippen molar-refractivity contribution < 1.29 is 14.6 Å². The minimum absolute atomic E-state index is 0.0491. The van der Waals surface area contributed by atoms with Gasteiger partial charge >= 0.3 is 0 Å². The molecule has 0 bridgehead atoms. The van der Waals surface area contributed by atoms with Gasteiger partial charge in [-0.15, -0.1) is 0 Å². The molecule has 1 fully saturated rings. The van der Waals surface area contributed by atoms with E-state index in [0.29, 0.717) is 22.8 Å². The lowest BCUT2D eigenvalue weighted by atomic mass is 9.87. The van der Waals surface area contributed by atoms with Crippen molar-refractivity contribution in [1.29, 1.82) is 5.26 Å². The lowest BCUT2D eigenvalue weighted by molar-refractivity contribution is -0.132. The maximum absolute atomic E-state index is 11.5. The fourth-order valence-corrected chi connectivity index (χ4v) is 3.82. The molecule has 1 N–H and O–H groups in total. The zero-order chi connectivity index (χ0) is 23.1.